The zero-order valence-electron chi connectivity index (χ0n) is 24.2. The normalized spacial score (nSPS) is 11.4. The molecular formula is C33H45N3O2. The first-order chi connectivity index (χ1) is 18.1. The Morgan fingerprint density at radius 1 is 0.868 bits per heavy atom. The summed E-state index contributed by atoms with van der Waals surface area (Å²) in [6.07, 6.45) is 4.81. The maximum Gasteiger partial charge on any atom is 0.254 e. The van der Waals surface area contributed by atoms with E-state index in [9.17, 15) is 9.59 Å². The van der Waals surface area contributed by atoms with E-state index < -0.39 is 0 Å². The number of nitrogens with zero attached hydrogens (tertiary/aromatic N) is 3. The molecule has 204 valence electrons. The molecule has 0 aliphatic heterocycles. The van der Waals surface area contributed by atoms with E-state index in [0.29, 0.717) is 25.2 Å². The lowest BCUT2D eigenvalue weighted by molar-refractivity contribution is -0.132. The summed E-state index contributed by atoms with van der Waals surface area (Å²) in [6.45, 7) is 15.4. The number of amides is 2. The molecule has 0 radical (unpaired) electrons. The highest BCUT2D eigenvalue weighted by Gasteiger charge is 2.23. The van der Waals surface area contributed by atoms with E-state index in [1.165, 1.54) is 16.7 Å². The Balaban J connectivity index is 1.75. The number of unbranched alkanes of at least 4 members (excludes halogenated alkanes) is 1. The molecule has 0 unspecified atom stereocenters. The van der Waals surface area contributed by atoms with Gasteiger partial charge >= 0.3 is 0 Å². The minimum atomic E-state index is -0.0843. The molecule has 0 saturated carbocycles. The average molecular weight is 516 g/mol. The maximum absolute atomic E-state index is 13.6. The van der Waals surface area contributed by atoms with Crippen molar-refractivity contribution < 1.29 is 9.59 Å². The van der Waals surface area contributed by atoms with Gasteiger partial charge in [0, 0.05) is 37.1 Å². The highest BCUT2D eigenvalue weighted by Crippen LogP contribution is 2.23. The average Bonchev–Trinajstić information content (AvgIpc) is 3.31. The van der Waals surface area contributed by atoms with Crippen LogP contribution >= 0.6 is 0 Å². The third-order valence-electron chi connectivity index (χ3n) is 6.95. The van der Waals surface area contributed by atoms with Gasteiger partial charge in [0.1, 0.15) is 6.54 Å². The third-order valence-corrected chi connectivity index (χ3v) is 6.95. The maximum atomic E-state index is 13.6. The first-order valence-electron chi connectivity index (χ1n) is 14.0. The summed E-state index contributed by atoms with van der Waals surface area (Å²) in [6, 6.07) is 20.5. The first-order valence-corrected chi connectivity index (χ1v) is 14.0. The Morgan fingerprint density at radius 3 is 2.24 bits per heavy atom. The predicted molar refractivity (Wildman–Crippen MR) is 156 cm³/mol. The van der Waals surface area contributed by atoms with Gasteiger partial charge in [0.05, 0.1) is 6.54 Å². The van der Waals surface area contributed by atoms with E-state index in [1.807, 2.05) is 42.2 Å². The summed E-state index contributed by atoms with van der Waals surface area (Å²) >= 11 is 0. The van der Waals surface area contributed by atoms with Gasteiger partial charge in [-0.2, -0.15) is 0 Å². The van der Waals surface area contributed by atoms with E-state index in [4.69, 9.17) is 0 Å². The Labute approximate surface area is 229 Å². The van der Waals surface area contributed by atoms with Crippen molar-refractivity contribution >= 4 is 11.8 Å². The molecule has 0 spiro atoms. The number of hydrogen-bond donors (Lipinski definition) is 0. The zero-order valence-corrected chi connectivity index (χ0v) is 24.2. The van der Waals surface area contributed by atoms with Crippen LogP contribution in [0.4, 0.5) is 0 Å². The second-order valence-corrected chi connectivity index (χ2v) is 11.3. The Hall–Kier alpha value is -3.34. The zero-order chi connectivity index (χ0) is 27.7. The predicted octanol–water partition coefficient (Wildman–Crippen LogP) is 6.82. The molecule has 2 amide bonds. The Morgan fingerprint density at radius 2 is 1.61 bits per heavy atom. The molecule has 2 aromatic carbocycles. The SMILES string of the molecule is CCCCN(Cc1cccn1Cc1cccc(C)c1)C(=O)CN(CCC)C(=O)c1ccc(C(C)(C)C)cc1. The number of hydrogen-bond acceptors (Lipinski definition) is 2. The van der Waals surface area contributed by atoms with E-state index in [-0.39, 0.29) is 23.8 Å². The van der Waals surface area contributed by atoms with Gasteiger partial charge in [-0.3, -0.25) is 9.59 Å². The lowest BCUT2D eigenvalue weighted by atomic mass is 9.86. The van der Waals surface area contributed by atoms with E-state index in [1.54, 1.807) is 4.90 Å². The van der Waals surface area contributed by atoms with Crippen LogP contribution < -0.4 is 0 Å². The minimum Gasteiger partial charge on any atom is -0.345 e. The van der Waals surface area contributed by atoms with Crippen molar-refractivity contribution in [3.8, 4) is 0 Å². The van der Waals surface area contributed by atoms with Crippen molar-refractivity contribution in [2.45, 2.75) is 79.3 Å². The van der Waals surface area contributed by atoms with E-state index in [0.717, 1.165) is 31.5 Å². The van der Waals surface area contributed by atoms with Crippen LogP contribution in [0.2, 0.25) is 0 Å². The van der Waals surface area contributed by atoms with Crippen molar-refractivity contribution in [1.82, 2.24) is 14.4 Å². The molecule has 0 N–H and O–H groups in total. The largest absolute Gasteiger partial charge is 0.345 e. The lowest BCUT2D eigenvalue weighted by Gasteiger charge is -2.28. The van der Waals surface area contributed by atoms with Crippen LogP contribution in [0.5, 0.6) is 0 Å². The molecule has 0 atom stereocenters. The first kappa shape index (κ1) is 29.2. The molecule has 3 rings (SSSR count). The molecule has 3 aromatic rings. The van der Waals surface area contributed by atoms with Gasteiger partial charge in [0.15, 0.2) is 0 Å². The Bertz CT molecular complexity index is 1190. The van der Waals surface area contributed by atoms with Crippen LogP contribution in [0.3, 0.4) is 0 Å². The smallest absolute Gasteiger partial charge is 0.254 e. The number of carbonyl (C=O) groups excluding carboxylic acids is 2. The van der Waals surface area contributed by atoms with Gasteiger partial charge in [-0.15, -0.1) is 0 Å². The van der Waals surface area contributed by atoms with Crippen molar-refractivity contribution in [2.75, 3.05) is 19.6 Å². The molecule has 5 nitrogen and oxygen atoms in total. The molecule has 38 heavy (non-hydrogen) atoms. The minimum absolute atomic E-state index is 0.00475. The fourth-order valence-electron chi connectivity index (χ4n) is 4.67. The molecule has 0 fully saturated rings. The number of aryl methyl sites for hydroxylation is 1. The highest BCUT2D eigenvalue weighted by atomic mass is 16.2. The fraction of sp³-hybridized carbons (Fsp3) is 0.455. The molecule has 0 aliphatic carbocycles. The van der Waals surface area contributed by atoms with Crippen LogP contribution in [0.1, 0.15) is 86.6 Å². The number of rotatable bonds is 12. The van der Waals surface area contributed by atoms with E-state index in [2.05, 4.69) is 75.7 Å². The summed E-state index contributed by atoms with van der Waals surface area (Å²) in [4.78, 5) is 30.7. The topological polar surface area (TPSA) is 45.6 Å². The second-order valence-electron chi connectivity index (χ2n) is 11.3. The van der Waals surface area contributed by atoms with Gasteiger partial charge in [-0.1, -0.05) is 83.0 Å². The molecule has 1 heterocycles. The van der Waals surface area contributed by atoms with Gasteiger partial charge in [0.25, 0.3) is 5.91 Å². The van der Waals surface area contributed by atoms with E-state index >= 15 is 0 Å². The number of aromatic nitrogens is 1. The van der Waals surface area contributed by atoms with Crippen molar-refractivity contribution in [3.05, 3.63) is 94.8 Å². The molecule has 5 heteroatoms. The molecule has 0 bridgehead atoms. The molecular weight excluding hydrogens is 470 g/mol. The van der Waals surface area contributed by atoms with Crippen LogP contribution in [0.25, 0.3) is 0 Å². The van der Waals surface area contributed by atoms with Gasteiger partial charge in [0.2, 0.25) is 5.91 Å². The van der Waals surface area contributed by atoms with Crippen molar-refractivity contribution in [1.29, 1.82) is 0 Å². The highest BCUT2D eigenvalue weighted by molar-refractivity contribution is 5.96. The summed E-state index contributed by atoms with van der Waals surface area (Å²) < 4.78 is 2.22. The van der Waals surface area contributed by atoms with Crippen molar-refractivity contribution in [2.24, 2.45) is 0 Å². The fourth-order valence-corrected chi connectivity index (χ4v) is 4.67. The quantitative estimate of drug-likeness (QED) is 0.266. The standard InChI is InChI=1S/C33H45N3O2/c1-7-9-20-35(24-30-14-11-21-34(30)23-27-13-10-12-26(3)22-27)31(37)25-36(19-8-2)32(38)28-15-17-29(18-16-28)33(4,5)6/h10-18,21-22H,7-9,19-20,23-25H2,1-6H3. The summed E-state index contributed by atoms with van der Waals surface area (Å²) in [5.74, 6) is -0.0891. The third kappa shape index (κ3) is 8.08. The van der Waals surface area contributed by atoms with Crippen LogP contribution in [-0.4, -0.2) is 45.8 Å². The lowest BCUT2D eigenvalue weighted by Crippen LogP contribution is -2.43. The molecule has 1 aromatic heterocycles. The van der Waals surface area contributed by atoms with Crippen LogP contribution in [-0.2, 0) is 23.3 Å². The summed E-state index contributed by atoms with van der Waals surface area (Å²) in [7, 11) is 0. The summed E-state index contributed by atoms with van der Waals surface area (Å²) in [5.41, 5.74) is 5.42. The second kappa shape index (κ2) is 13.5. The van der Waals surface area contributed by atoms with Crippen LogP contribution in [0.15, 0.2) is 66.9 Å². The van der Waals surface area contributed by atoms with Gasteiger partial charge < -0.3 is 14.4 Å². The molecule has 0 saturated heterocycles. The number of benzene rings is 2. The summed E-state index contributed by atoms with van der Waals surface area (Å²) in [5, 5.41) is 0. The van der Waals surface area contributed by atoms with Crippen molar-refractivity contribution in [3.63, 3.8) is 0 Å². The Kier molecular flexibility index (Phi) is 10.3. The molecule has 0 aliphatic rings. The van der Waals surface area contributed by atoms with Gasteiger partial charge in [-0.05, 0) is 60.6 Å². The van der Waals surface area contributed by atoms with Gasteiger partial charge in [-0.25, -0.2) is 0 Å². The number of carbonyl (C=O) groups is 2. The van der Waals surface area contributed by atoms with Crippen LogP contribution in [0, 0.1) is 6.92 Å². The monoisotopic (exact) mass is 515 g/mol.